The fourth-order valence-corrected chi connectivity index (χ4v) is 7.33. The summed E-state index contributed by atoms with van der Waals surface area (Å²) in [4.78, 5) is 12.7. The zero-order valence-corrected chi connectivity index (χ0v) is 18.8. The lowest BCUT2D eigenvalue weighted by Crippen LogP contribution is -2.56. The number of hydrogen-bond acceptors (Lipinski definition) is 5. The van der Waals surface area contributed by atoms with Gasteiger partial charge in [0.2, 0.25) is 11.1 Å². The van der Waals surface area contributed by atoms with Crippen LogP contribution in [0.5, 0.6) is 0 Å². The smallest absolute Gasteiger partial charge is 0.230 e. The summed E-state index contributed by atoms with van der Waals surface area (Å²) in [5.74, 6) is 9.66. The van der Waals surface area contributed by atoms with Crippen LogP contribution in [-0.2, 0) is 4.79 Å². The second-order valence-corrected chi connectivity index (χ2v) is 10.9. The number of hydrogen-bond donors (Lipinski definition) is 2. The predicted octanol–water partition coefficient (Wildman–Crippen LogP) is 4.13. The van der Waals surface area contributed by atoms with Crippen LogP contribution in [0.4, 0.5) is 0 Å². The first-order valence-electron chi connectivity index (χ1n) is 10.8. The van der Waals surface area contributed by atoms with Gasteiger partial charge in [-0.15, -0.1) is 10.2 Å². The fraction of sp³-hybridized carbons (Fsp3) is 0.591. The average Bonchev–Trinajstić information content (AvgIpc) is 3.06. The largest absolute Gasteiger partial charge is 0.352 e. The second kappa shape index (κ2) is 7.75. The first-order chi connectivity index (χ1) is 14.4. The van der Waals surface area contributed by atoms with Crippen molar-refractivity contribution in [2.45, 2.75) is 56.6 Å². The van der Waals surface area contributed by atoms with Crippen LogP contribution >= 0.6 is 23.4 Å². The number of carbonyl (C=O) groups excluding carboxylic acids is 1. The van der Waals surface area contributed by atoms with E-state index in [2.05, 4.69) is 22.4 Å². The maximum Gasteiger partial charge on any atom is 0.230 e. The van der Waals surface area contributed by atoms with Gasteiger partial charge in [0, 0.05) is 16.6 Å². The van der Waals surface area contributed by atoms with Gasteiger partial charge in [-0.05, 0) is 80.8 Å². The molecule has 3 N–H and O–H groups in total. The van der Waals surface area contributed by atoms with Gasteiger partial charge < -0.3 is 11.2 Å². The van der Waals surface area contributed by atoms with E-state index < -0.39 is 0 Å². The van der Waals surface area contributed by atoms with Crippen molar-refractivity contribution in [3.05, 3.63) is 29.3 Å². The maximum atomic E-state index is 12.7. The minimum atomic E-state index is 0.0375. The van der Waals surface area contributed by atoms with E-state index in [0.717, 1.165) is 23.3 Å². The summed E-state index contributed by atoms with van der Waals surface area (Å²) in [7, 11) is 0. The Morgan fingerprint density at radius 3 is 2.57 bits per heavy atom. The third-order valence-electron chi connectivity index (χ3n) is 7.46. The standard InChI is InChI=1S/C22H28ClN5OS/c1-13(22-9-14-5-15(10-22)7-16(6-14)11-22)25-19(29)12-30-21-27-26-20(28(21)24)17-3-2-4-18(23)8-17/h2-4,8,13-16H,5-7,9-12,24H2,1H3,(H,25,29). The number of amides is 1. The molecular weight excluding hydrogens is 418 g/mol. The normalized spacial score (nSPS) is 30.4. The van der Waals surface area contributed by atoms with E-state index in [4.69, 9.17) is 17.4 Å². The molecule has 4 bridgehead atoms. The third-order valence-corrected chi connectivity index (χ3v) is 8.64. The molecule has 4 aliphatic carbocycles. The highest BCUT2D eigenvalue weighted by Crippen LogP contribution is 2.61. The predicted molar refractivity (Wildman–Crippen MR) is 120 cm³/mol. The van der Waals surface area contributed by atoms with E-state index >= 15 is 0 Å². The van der Waals surface area contributed by atoms with Gasteiger partial charge in [-0.25, -0.2) is 4.68 Å². The van der Waals surface area contributed by atoms with E-state index in [0.29, 0.717) is 21.4 Å². The topological polar surface area (TPSA) is 85.8 Å². The van der Waals surface area contributed by atoms with Crippen LogP contribution in [0.25, 0.3) is 11.4 Å². The molecular formula is C22H28ClN5OS. The Kier molecular flexibility index (Phi) is 5.22. The van der Waals surface area contributed by atoms with Gasteiger partial charge in [0.05, 0.1) is 5.75 Å². The highest BCUT2D eigenvalue weighted by molar-refractivity contribution is 7.99. The SMILES string of the molecule is CC(NC(=O)CSc1nnc(-c2cccc(Cl)c2)n1N)C12CC3CC(CC(C3)C1)C2. The summed E-state index contributed by atoms with van der Waals surface area (Å²) < 4.78 is 1.42. The third kappa shape index (κ3) is 3.71. The zero-order valence-electron chi connectivity index (χ0n) is 17.2. The number of nitrogens with one attached hydrogen (secondary N) is 1. The Labute approximate surface area is 186 Å². The summed E-state index contributed by atoms with van der Waals surface area (Å²) in [5, 5.41) is 12.8. The second-order valence-electron chi connectivity index (χ2n) is 9.54. The summed E-state index contributed by atoms with van der Waals surface area (Å²) >= 11 is 7.37. The molecule has 1 aromatic carbocycles. The lowest BCUT2D eigenvalue weighted by molar-refractivity contribution is -0.123. The van der Waals surface area contributed by atoms with Crippen molar-refractivity contribution < 1.29 is 4.79 Å². The molecule has 0 saturated heterocycles. The molecule has 6 nitrogen and oxygen atoms in total. The van der Waals surface area contributed by atoms with Gasteiger partial charge >= 0.3 is 0 Å². The molecule has 4 aliphatic rings. The number of aromatic nitrogens is 3. The molecule has 1 atom stereocenters. The number of thioether (sulfide) groups is 1. The van der Waals surface area contributed by atoms with Crippen molar-refractivity contribution in [2.75, 3.05) is 11.6 Å². The summed E-state index contributed by atoms with van der Waals surface area (Å²) in [6.45, 7) is 2.21. The highest BCUT2D eigenvalue weighted by Gasteiger charge is 2.53. The first-order valence-corrected chi connectivity index (χ1v) is 12.2. The first kappa shape index (κ1) is 20.2. The van der Waals surface area contributed by atoms with Crippen LogP contribution in [0, 0.1) is 23.2 Å². The van der Waals surface area contributed by atoms with Crippen LogP contribution < -0.4 is 11.2 Å². The molecule has 2 aromatic rings. The van der Waals surface area contributed by atoms with Gasteiger partial charge in [-0.2, -0.15) is 0 Å². The minimum Gasteiger partial charge on any atom is -0.352 e. The number of halogens is 1. The lowest BCUT2D eigenvalue weighted by Gasteiger charge is -2.59. The number of nitrogen functional groups attached to an aromatic ring is 1. The van der Waals surface area contributed by atoms with Crippen LogP contribution in [-0.4, -0.2) is 32.6 Å². The molecule has 0 aliphatic heterocycles. The minimum absolute atomic E-state index is 0.0375. The van der Waals surface area contributed by atoms with Gasteiger partial charge in [-0.1, -0.05) is 35.5 Å². The van der Waals surface area contributed by atoms with E-state index in [1.165, 1.54) is 55.0 Å². The van der Waals surface area contributed by atoms with Crippen molar-refractivity contribution in [3.63, 3.8) is 0 Å². The molecule has 1 heterocycles. The Hall–Kier alpha value is -1.73. The lowest BCUT2D eigenvalue weighted by atomic mass is 9.48. The molecule has 4 fully saturated rings. The molecule has 0 radical (unpaired) electrons. The van der Waals surface area contributed by atoms with Crippen molar-refractivity contribution in [1.82, 2.24) is 20.2 Å². The van der Waals surface area contributed by atoms with Gasteiger partial charge in [0.25, 0.3) is 0 Å². The summed E-state index contributed by atoms with van der Waals surface area (Å²) in [6.07, 6.45) is 8.10. The van der Waals surface area contributed by atoms with Crippen LogP contribution in [0.1, 0.15) is 45.4 Å². The molecule has 0 spiro atoms. The fourth-order valence-electron chi connectivity index (χ4n) is 6.47. The van der Waals surface area contributed by atoms with E-state index in [1.54, 1.807) is 12.1 Å². The maximum absolute atomic E-state index is 12.7. The van der Waals surface area contributed by atoms with Crippen molar-refractivity contribution >= 4 is 29.3 Å². The Bertz CT molecular complexity index is 925. The Balaban J connectivity index is 1.20. The van der Waals surface area contributed by atoms with Crippen LogP contribution in [0.15, 0.2) is 29.4 Å². The van der Waals surface area contributed by atoms with Gasteiger partial charge in [0.1, 0.15) is 0 Å². The van der Waals surface area contributed by atoms with Crippen LogP contribution in [0.3, 0.4) is 0 Å². The average molecular weight is 446 g/mol. The molecule has 4 saturated carbocycles. The molecule has 1 unspecified atom stereocenters. The van der Waals surface area contributed by atoms with E-state index in [9.17, 15) is 4.79 Å². The Morgan fingerprint density at radius 2 is 1.93 bits per heavy atom. The van der Waals surface area contributed by atoms with E-state index in [-0.39, 0.29) is 17.7 Å². The quantitative estimate of drug-likeness (QED) is 0.515. The molecule has 160 valence electrons. The van der Waals surface area contributed by atoms with Crippen molar-refractivity contribution in [2.24, 2.45) is 23.2 Å². The number of nitrogens with two attached hydrogens (primary N) is 1. The summed E-state index contributed by atoms with van der Waals surface area (Å²) in [5.41, 5.74) is 1.10. The molecule has 8 heteroatoms. The van der Waals surface area contributed by atoms with E-state index in [1.807, 2.05) is 12.1 Å². The number of nitrogens with zero attached hydrogens (tertiary/aromatic N) is 3. The Morgan fingerprint density at radius 1 is 1.27 bits per heavy atom. The van der Waals surface area contributed by atoms with Crippen molar-refractivity contribution in [1.29, 1.82) is 0 Å². The van der Waals surface area contributed by atoms with Crippen molar-refractivity contribution in [3.8, 4) is 11.4 Å². The van der Waals surface area contributed by atoms with Crippen LogP contribution in [0.2, 0.25) is 5.02 Å². The molecule has 1 amide bonds. The number of benzene rings is 1. The van der Waals surface area contributed by atoms with Gasteiger partial charge in [0.15, 0.2) is 5.82 Å². The summed E-state index contributed by atoms with van der Waals surface area (Å²) in [6, 6.07) is 7.54. The molecule has 6 rings (SSSR count). The number of carbonyl (C=O) groups is 1. The number of rotatable bonds is 6. The monoisotopic (exact) mass is 445 g/mol. The zero-order chi connectivity index (χ0) is 20.9. The highest BCUT2D eigenvalue weighted by atomic mass is 35.5. The molecule has 30 heavy (non-hydrogen) atoms. The van der Waals surface area contributed by atoms with Gasteiger partial charge in [-0.3, -0.25) is 4.79 Å². The molecule has 1 aromatic heterocycles.